The van der Waals surface area contributed by atoms with Crippen molar-refractivity contribution in [3.63, 3.8) is 0 Å². The number of carbonyl (C=O) groups excluding carboxylic acids is 1. The molecule has 0 spiro atoms. The Morgan fingerprint density at radius 1 is 0.757 bits per heavy atom. The molecule has 5 rings (SSSR count). The van der Waals surface area contributed by atoms with E-state index in [1.165, 1.54) is 11.1 Å². The van der Waals surface area contributed by atoms with Crippen LogP contribution in [0.1, 0.15) is 33.1 Å². The van der Waals surface area contributed by atoms with E-state index in [0.717, 1.165) is 24.4 Å². The Labute approximate surface area is 218 Å². The summed E-state index contributed by atoms with van der Waals surface area (Å²) >= 11 is 0. The zero-order chi connectivity index (χ0) is 25.5. The van der Waals surface area contributed by atoms with Gasteiger partial charge in [0.15, 0.2) is 0 Å². The van der Waals surface area contributed by atoms with Gasteiger partial charge in [0.05, 0.1) is 13.2 Å². The van der Waals surface area contributed by atoms with Gasteiger partial charge in [0.2, 0.25) is 0 Å². The largest absolute Gasteiger partial charge is 0.496 e. The minimum atomic E-state index is 0.0410. The lowest BCUT2D eigenvalue weighted by atomic mass is 9.96. The van der Waals surface area contributed by atoms with Crippen LogP contribution in [0.5, 0.6) is 11.5 Å². The first-order valence-electron chi connectivity index (χ1n) is 12.7. The summed E-state index contributed by atoms with van der Waals surface area (Å²) in [5, 5.41) is 0. The van der Waals surface area contributed by atoms with E-state index in [1.54, 1.807) is 7.11 Å². The third-order valence-corrected chi connectivity index (χ3v) is 6.86. The van der Waals surface area contributed by atoms with Gasteiger partial charge in [-0.05, 0) is 41.5 Å². The molecule has 0 radical (unpaired) electrons. The molecule has 5 nitrogen and oxygen atoms in total. The summed E-state index contributed by atoms with van der Waals surface area (Å²) in [6, 6.07) is 36.6. The van der Waals surface area contributed by atoms with Gasteiger partial charge in [0, 0.05) is 37.3 Å². The van der Waals surface area contributed by atoms with Crippen LogP contribution in [0.25, 0.3) is 0 Å². The number of methoxy groups -OCH3 is 1. The van der Waals surface area contributed by atoms with E-state index in [1.807, 2.05) is 53.4 Å². The van der Waals surface area contributed by atoms with Crippen LogP contribution < -0.4 is 9.47 Å². The lowest BCUT2D eigenvalue weighted by Gasteiger charge is -2.40. The molecule has 4 aromatic rings. The van der Waals surface area contributed by atoms with Crippen LogP contribution in [0.2, 0.25) is 0 Å². The van der Waals surface area contributed by atoms with E-state index in [2.05, 4.69) is 65.6 Å². The van der Waals surface area contributed by atoms with E-state index in [-0.39, 0.29) is 11.9 Å². The Balaban J connectivity index is 1.28. The zero-order valence-electron chi connectivity index (χ0n) is 21.1. The Kier molecular flexibility index (Phi) is 7.82. The summed E-state index contributed by atoms with van der Waals surface area (Å²) in [7, 11) is 1.64. The maximum atomic E-state index is 13.5. The second-order valence-electron chi connectivity index (χ2n) is 9.18. The van der Waals surface area contributed by atoms with Crippen LogP contribution in [0.4, 0.5) is 0 Å². The van der Waals surface area contributed by atoms with Crippen LogP contribution in [0.15, 0.2) is 109 Å². The summed E-state index contributed by atoms with van der Waals surface area (Å²) in [6.45, 7) is 3.30. The molecule has 4 aromatic carbocycles. The predicted octanol–water partition coefficient (Wildman–Crippen LogP) is 5.82. The number of piperazine rings is 1. The molecule has 0 bridgehead atoms. The average Bonchev–Trinajstić information content (AvgIpc) is 2.98. The summed E-state index contributed by atoms with van der Waals surface area (Å²) in [5.74, 6) is 1.54. The van der Waals surface area contributed by atoms with Crippen molar-refractivity contribution < 1.29 is 14.3 Å². The lowest BCUT2D eigenvalue weighted by molar-refractivity contribution is 0.0597. The molecule has 1 saturated heterocycles. The first-order chi connectivity index (χ1) is 18.2. The highest BCUT2D eigenvalue weighted by molar-refractivity contribution is 5.94. The van der Waals surface area contributed by atoms with Crippen LogP contribution in [-0.4, -0.2) is 49.0 Å². The van der Waals surface area contributed by atoms with Crippen LogP contribution >= 0.6 is 0 Å². The molecule has 0 aromatic heterocycles. The SMILES string of the molecule is COc1ccc(C(=O)N2CCN(C(c3ccccc3)c3ccccc3)CC2)cc1COc1ccccc1. The minimum Gasteiger partial charge on any atom is -0.496 e. The molecule has 37 heavy (non-hydrogen) atoms. The van der Waals surface area contributed by atoms with Gasteiger partial charge in [0.1, 0.15) is 18.1 Å². The average molecular weight is 493 g/mol. The Hall–Kier alpha value is -4.09. The van der Waals surface area contributed by atoms with E-state index in [0.29, 0.717) is 31.0 Å². The van der Waals surface area contributed by atoms with Gasteiger partial charge in [0.25, 0.3) is 5.91 Å². The Morgan fingerprint density at radius 3 is 1.89 bits per heavy atom. The fraction of sp³-hybridized carbons (Fsp3) is 0.219. The molecular formula is C32H32N2O3. The van der Waals surface area contributed by atoms with Crippen molar-refractivity contribution in [3.8, 4) is 11.5 Å². The fourth-order valence-corrected chi connectivity index (χ4v) is 4.95. The summed E-state index contributed by atoms with van der Waals surface area (Å²) in [4.78, 5) is 17.9. The van der Waals surface area contributed by atoms with E-state index in [4.69, 9.17) is 9.47 Å². The van der Waals surface area contributed by atoms with Gasteiger partial charge in [-0.1, -0.05) is 78.9 Å². The number of amides is 1. The maximum absolute atomic E-state index is 13.5. The van der Waals surface area contributed by atoms with E-state index in [9.17, 15) is 4.79 Å². The number of ether oxygens (including phenoxy) is 2. The number of benzene rings is 4. The molecule has 0 atom stereocenters. The molecule has 1 aliphatic rings. The molecule has 1 heterocycles. The molecule has 5 heteroatoms. The van der Waals surface area contributed by atoms with Crippen molar-refractivity contribution in [2.75, 3.05) is 33.3 Å². The topological polar surface area (TPSA) is 42.0 Å². The van der Waals surface area contributed by atoms with Crippen molar-refractivity contribution in [3.05, 3.63) is 131 Å². The number of hydrogen-bond acceptors (Lipinski definition) is 4. The van der Waals surface area contributed by atoms with Gasteiger partial charge in [-0.25, -0.2) is 0 Å². The van der Waals surface area contributed by atoms with Crippen molar-refractivity contribution in [1.82, 2.24) is 9.80 Å². The van der Waals surface area contributed by atoms with Crippen LogP contribution in [-0.2, 0) is 6.61 Å². The van der Waals surface area contributed by atoms with Gasteiger partial charge in [-0.3, -0.25) is 9.69 Å². The molecule has 1 aliphatic heterocycles. The minimum absolute atomic E-state index is 0.0410. The van der Waals surface area contributed by atoms with Gasteiger partial charge in [-0.15, -0.1) is 0 Å². The van der Waals surface area contributed by atoms with Gasteiger partial charge in [-0.2, -0.15) is 0 Å². The molecule has 188 valence electrons. The van der Waals surface area contributed by atoms with Gasteiger partial charge < -0.3 is 14.4 Å². The molecule has 0 aliphatic carbocycles. The molecule has 1 amide bonds. The predicted molar refractivity (Wildman–Crippen MR) is 146 cm³/mol. The highest BCUT2D eigenvalue weighted by Crippen LogP contribution is 2.30. The van der Waals surface area contributed by atoms with Crippen molar-refractivity contribution in [2.45, 2.75) is 12.6 Å². The molecular weight excluding hydrogens is 460 g/mol. The third kappa shape index (κ3) is 5.84. The Morgan fingerprint density at radius 2 is 1.32 bits per heavy atom. The smallest absolute Gasteiger partial charge is 0.253 e. The van der Waals surface area contributed by atoms with E-state index < -0.39 is 0 Å². The number of para-hydroxylation sites is 1. The number of carbonyl (C=O) groups is 1. The standard InChI is InChI=1S/C32H32N2O3/c1-36-30-18-17-27(23-28(30)24-37-29-15-9-4-10-16-29)32(35)34-21-19-33(20-22-34)31(25-11-5-2-6-12-25)26-13-7-3-8-14-26/h2-18,23,31H,19-22,24H2,1H3. The molecule has 0 saturated carbocycles. The normalized spacial score (nSPS) is 13.9. The quantitative estimate of drug-likeness (QED) is 0.311. The van der Waals surface area contributed by atoms with Crippen LogP contribution in [0.3, 0.4) is 0 Å². The Bertz CT molecular complexity index is 1250. The monoisotopic (exact) mass is 492 g/mol. The molecule has 0 N–H and O–H groups in total. The van der Waals surface area contributed by atoms with Crippen molar-refractivity contribution in [2.24, 2.45) is 0 Å². The second kappa shape index (κ2) is 11.8. The first-order valence-corrected chi connectivity index (χ1v) is 12.7. The third-order valence-electron chi connectivity index (χ3n) is 6.86. The fourth-order valence-electron chi connectivity index (χ4n) is 4.95. The maximum Gasteiger partial charge on any atom is 0.253 e. The van der Waals surface area contributed by atoms with Crippen molar-refractivity contribution >= 4 is 5.91 Å². The summed E-state index contributed by atoms with van der Waals surface area (Å²) < 4.78 is 11.5. The highest BCUT2D eigenvalue weighted by Gasteiger charge is 2.28. The highest BCUT2D eigenvalue weighted by atomic mass is 16.5. The second-order valence-corrected chi connectivity index (χ2v) is 9.18. The summed E-state index contributed by atoms with van der Waals surface area (Å²) in [6.07, 6.45) is 0. The number of hydrogen-bond donors (Lipinski definition) is 0. The molecule has 0 unspecified atom stereocenters. The van der Waals surface area contributed by atoms with Crippen LogP contribution in [0, 0.1) is 0 Å². The lowest BCUT2D eigenvalue weighted by Crippen LogP contribution is -2.49. The van der Waals surface area contributed by atoms with Crippen molar-refractivity contribution in [1.29, 1.82) is 0 Å². The molecule has 1 fully saturated rings. The summed E-state index contributed by atoms with van der Waals surface area (Å²) in [5.41, 5.74) is 4.05. The first kappa shape index (κ1) is 24.6. The van der Waals surface area contributed by atoms with E-state index >= 15 is 0 Å². The number of nitrogens with zero attached hydrogens (tertiary/aromatic N) is 2. The number of rotatable bonds is 8. The zero-order valence-corrected chi connectivity index (χ0v) is 21.1. The van der Waals surface area contributed by atoms with Gasteiger partial charge >= 0.3 is 0 Å².